The van der Waals surface area contributed by atoms with Gasteiger partial charge in [-0.15, -0.1) is 0 Å². The van der Waals surface area contributed by atoms with E-state index in [0.717, 1.165) is 18.8 Å². The summed E-state index contributed by atoms with van der Waals surface area (Å²) in [5.41, 5.74) is 3.74. The Morgan fingerprint density at radius 1 is 0.947 bits per heavy atom. The molecule has 2 aromatic carbocycles. The van der Waals surface area contributed by atoms with Gasteiger partial charge in [0.1, 0.15) is 5.75 Å². The highest BCUT2D eigenvalue weighted by atomic mass is 16.5. The predicted molar refractivity (Wildman–Crippen MR) is 80.4 cm³/mol. The summed E-state index contributed by atoms with van der Waals surface area (Å²) < 4.78 is 5.55. The van der Waals surface area contributed by atoms with Crippen molar-refractivity contribution in [1.29, 1.82) is 0 Å². The Bertz CT molecular complexity index is 522. The van der Waals surface area contributed by atoms with Gasteiger partial charge >= 0.3 is 0 Å². The molecule has 0 aliphatic rings. The topological polar surface area (TPSA) is 21.3 Å². The molecule has 0 amide bonds. The van der Waals surface area contributed by atoms with Crippen molar-refractivity contribution in [3.63, 3.8) is 0 Å². The first-order valence-electron chi connectivity index (χ1n) is 6.86. The van der Waals surface area contributed by atoms with E-state index in [2.05, 4.69) is 48.6 Å². The summed E-state index contributed by atoms with van der Waals surface area (Å²) in [5.74, 6) is 0.928. The normalized spacial score (nSPS) is 10.4. The van der Waals surface area contributed by atoms with Gasteiger partial charge in [0, 0.05) is 6.54 Å². The molecule has 0 bridgehead atoms. The average molecular weight is 255 g/mol. The molecule has 0 aliphatic heterocycles. The van der Waals surface area contributed by atoms with Gasteiger partial charge in [0.2, 0.25) is 0 Å². The smallest absolute Gasteiger partial charge is 0.119 e. The predicted octanol–water partition coefficient (Wildman–Crippen LogP) is 3.86. The Morgan fingerprint density at radius 3 is 2.42 bits per heavy atom. The minimum atomic E-state index is 0.698. The van der Waals surface area contributed by atoms with Gasteiger partial charge in [-0.1, -0.05) is 37.3 Å². The van der Waals surface area contributed by atoms with E-state index in [4.69, 9.17) is 4.74 Å². The third-order valence-corrected chi connectivity index (χ3v) is 2.98. The van der Waals surface area contributed by atoms with Gasteiger partial charge in [-0.05, 0) is 48.4 Å². The van der Waals surface area contributed by atoms with Crippen LogP contribution >= 0.6 is 0 Å². The molecule has 0 radical (unpaired) electrons. The molecule has 0 aliphatic carbocycles. The van der Waals surface area contributed by atoms with Crippen molar-refractivity contribution in [2.45, 2.75) is 20.4 Å². The molecular formula is C17H21NO. The van der Waals surface area contributed by atoms with Gasteiger partial charge in [0.05, 0.1) is 6.61 Å². The van der Waals surface area contributed by atoms with Crippen LogP contribution in [0.25, 0.3) is 11.1 Å². The second-order valence-electron chi connectivity index (χ2n) is 4.44. The maximum atomic E-state index is 5.55. The van der Waals surface area contributed by atoms with Crippen molar-refractivity contribution in [3.8, 4) is 16.9 Å². The van der Waals surface area contributed by atoms with E-state index < -0.39 is 0 Å². The molecule has 0 heterocycles. The maximum absolute atomic E-state index is 5.55. The SMILES string of the molecule is CCNCc1cccc(-c2cccc(OCC)c2)c1. The Kier molecular flexibility index (Phi) is 4.99. The number of benzene rings is 2. The minimum Gasteiger partial charge on any atom is -0.494 e. The van der Waals surface area contributed by atoms with Crippen LogP contribution in [0, 0.1) is 0 Å². The first kappa shape index (κ1) is 13.6. The van der Waals surface area contributed by atoms with Crippen LogP contribution in [0.5, 0.6) is 5.75 Å². The Labute approximate surface area is 115 Å². The lowest BCUT2D eigenvalue weighted by molar-refractivity contribution is 0.340. The average Bonchev–Trinajstić information content (AvgIpc) is 2.46. The highest BCUT2D eigenvalue weighted by Gasteiger charge is 2.01. The molecule has 0 saturated heterocycles. The number of hydrogen-bond donors (Lipinski definition) is 1. The molecular weight excluding hydrogens is 234 g/mol. The van der Waals surface area contributed by atoms with Gasteiger partial charge in [-0.2, -0.15) is 0 Å². The number of hydrogen-bond acceptors (Lipinski definition) is 2. The number of ether oxygens (including phenoxy) is 1. The monoisotopic (exact) mass is 255 g/mol. The highest BCUT2D eigenvalue weighted by molar-refractivity contribution is 5.65. The van der Waals surface area contributed by atoms with E-state index >= 15 is 0 Å². The first-order chi connectivity index (χ1) is 9.33. The van der Waals surface area contributed by atoms with E-state index in [0.29, 0.717) is 6.61 Å². The van der Waals surface area contributed by atoms with E-state index in [9.17, 15) is 0 Å². The van der Waals surface area contributed by atoms with Crippen molar-refractivity contribution in [1.82, 2.24) is 5.32 Å². The molecule has 2 rings (SSSR count). The van der Waals surface area contributed by atoms with E-state index in [1.807, 2.05) is 19.1 Å². The van der Waals surface area contributed by atoms with Crippen LogP contribution in [0.4, 0.5) is 0 Å². The zero-order valence-corrected chi connectivity index (χ0v) is 11.6. The van der Waals surface area contributed by atoms with Gasteiger partial charge in [-0.3, -0.25) is 0 Å². The quantitative estimate of drug-likeness (QED) is 0.846. The molecule has 2 aromatic rings. The molecule has 0 aromatic heterocycles. The minimum absolute atomic E-state index is 0.698. The standard InChI is InChI=1S/C17H21NO/c1-3-18-13-14-7-5-8-15(11-14)16-9-6-10-17(12-16)19-4-2/h5-12,18H,3-4,13H2,1-2H3. The fourth-order valence-corrected chi connectivity index (χ4v) is 2.06. The third-order valence-electron chi connectivity index (χ3n) is 2.98. The fourth-order valence-electron chi connectivity index (χ4n) is 2.06. The molecule has 100 valence electrons. The Hall–Kier alpha value is -1.80. The first-order valence-corrected chi connectivity index (χ1v) is 6.86. The molecule has 2 nitrogen and oxygen atoms in total. The van der Waals surface area contributed by atoms with Crippen molar-refractivity contribution in [3.05, 3.63) is 54.1 Å². The van der Waals surface area contributed by atoms with E-state index in [-0.39, 0.29) is 0 Å². The lowest BCUT2D eigenvalue weighted by Gasteiger charge is -2.08. The van der Waals surface area contributed by atoms with E-state index in [1.54, 1.807) is 0 Å². The molecule has 0 unspecified atom stereocenters. The molecule has 0 fully saturated rings. The fraction of sp³-hybridized carbons (Fsp3) is 0.294. The number of rotatable bonds is 6. The number of nitrogens with one attached hydrogen (secondary N) is 1. The van der Waals surface area contributed by atoms with E-state index in [1.165, 1.54) is 16.7 Å². The van der Waals surface area contributed by atoms with Crippen LogP contribution in [0.2, 0.25) is 0 Å². The van der Waals surface area contributed by atoms with Crippen molar-refractivity contribution in [2.75, 3.05) is 13.2 Å². The van der Waals surface area contributed by atoms with Crippen LogP contribution in [0.1, 0.15) is 19.4 Å². The summed E-state index contributed by atoms with van der Waals surface area (Å²) in [6.45, 7) is 6.72. The van der Waals surface area contributed by atoms with Gasteiger partial charge in [-0.25, -0.2) is 0 Å². The van der Waals surface area contributed by atoms with Crippen LogP contribution in [-0.4, -0.2) is 13.2 Å². The van der Waals surface area contributed by atoms with Gasteiger partial charge in [0.25, 0.3) is 0 Å². The summed E-state index contributed by atoms with van der Waals surface area (Å²) in [4.78, 5) is 0. The summed E-state index contributed by atoms with van der Waals surface area (Å²) in [7, 11) is 0. The van der Waals surface area contributed by atoms with Crippen molar-refractivity contribution in [2.24, 2.45) is 0 Å². The molecule has 0 spiro atoms. The summed E-state index contributed by atoms with van der Waals surface area (Å²) in [6.07, 6.45) is 0. The molecule has 19 heavy (non-hydrogen) atoms. The van der Waals surface area contributed by atoms with Crippen LogP contribution in [0.3, 0.4) is 0 Å². The molecule has 0 saturated carbocycles. The largest absolute Gasteiger partial charge is 0.494 e. The third kappa shape index (κ3) is 3.83. The lowest BCUT2D eigenvalue weighted by Crippen LogP contribution is -2.11. The highest BCUT2D eigenvalue weighted by Crippen LogP contribution is 2.24. The Balaban J connectivity index is 2.23. The summed E-state index contributed by atoms with van der Waals surface area (Å²) >= 11 is 0. The molecule has 1 N–H and O–H groups in total. The second kappa shape index (κ2) is 6.95. The zero-order valence-electron chi connectivity index (χ0n) is 11.6. The summed E-state index contributed by atoms with van der Waals surface area (Å²) in [6, 6.07) is 16.9. The second-order valence-corrected chi connectivity index (χ2v) is 4.44. The van der Waals surface area contributed by atoms with Crippen molar-refractivity contribution >= 4 is 0 Å². The summed E-state index contributed by atoms with van der Waals surface area (Å²) in [5, 5.41) is 3.35. The lowest BCUT2D eigenvalue weighted by atomic mass is 10.0. The Morgan fingerprint density at radius 2 is 1.68 bits per heavy atom. The van der Waals surface area contributed by atoms with Crippen LogP contribution < -0.4 is 10.1 Å². The van der Waals surface area contributed by atoms with Crippen LogP contribution in [-0.2, 0) is 6.54 Å². The molecule has 2 heteroatoms. The van der Waals surface area contributed by atoms with Gasteiger partial charge in [0.15, 0.2) is 0 Å². The van der Waals surface area contributed by atoms with Gasteiger partial charge < -0.3 is 10.1 Å². The van der Waals surface area contributed by atoms with Crippen molar-refractivity contribution < 1.29 is 4.74 Å². The maximum Gasteiger partial charge on any atom is 0.119 e. The van der Waals surface area contributed by atoms with Crippen LogP contribution in [0.15, 0.2) is 48.5 Å². The zero-order chi connectivity index (χ0) is 13.5. The molecule has 0 atom stereocenters.